The molecule has 2 aliphatic heterocycles. The van der Waals surface area contributed by atoms with Gasteiger partial charge in [-0.2, -0.15) is 0 Å². The summed E-state index contributed by atoms with van der Waals surface area (Å²) in [5.41, 5.74) is 0. The van der Waals surface area contributed by atoms with Crippen molar-refractivity contribution >= 4 is 18.3 Å². The van der Waals surface area contributed by atoms with Gasteiger partial charge in [-0.3, -0.25) is 4.79 Å². The first-order valence-corrected chi connectivity index (χ1v) is 5.74. The highest BCUT2D eigenvalue weighted by atomic mass is 35.5. The van der Waals surface area contributed by atoms with Crippen molar-refractivity contribution in [2.24, 2.45) is 11.8 Å². The highest BCUT2D eigenvalue weighted by molar-refractivity contribution is 5.85. The second-order valence-electron chi connectivity index (χ2n) is 4.63. The third kappa shape index (κ3) is 2.67. The average Bonchev–Trinajstić information content (AvgIpc) is 2.73. The molecule has 0 aromatic carbocycles. The normalized spacial score (nSPS) is 30.5. The van der Waals surface area contributed by atoms with Crippen LogP contribution in [-0.4, -0.2) is 50.2 Å². The maximum Gasteiger partial charge on any atom is 0.251 e. The number of amides is 1. The summed E-state index contributed by atoms with van der Waals surface area (Å²) in [6.45, 7) is 5.82. The van der Waals surface area contributed by atoms with Crippen LogP contribution < -0.4 is 5.32 Å². The Balaban J connectivity index is 0.00000128. The van der Waals surface area contributed by atoms with Crippen molar-refractivity contribution < 1.29 is 9.53 Å². The number of fused-ring (bicyclic) bond motifs is 1. The van der Waals surface area contributed by atoms with Crippen LogP contribution in [-0.2, 0) is 9.53 Å². The van der Waals surface area contributed by atoms with Crippen molar-refractivity contribution in [2.75, 3.05) is 33.3 Å². The monoisotopic (exact) mass is 248 g/mol. The lowest BCUT2D eigenvalue weighted by Gasteiger charge is -2.35. The number of nitrogens with zero attached hydrogens (tertiary/aromatic N) is 1. The number of carbonyl (C=O) groups is 1. The van der Waals surface area contributed by atoms with Crippen LogP contribution in [0.5, 0.6) is 0 Å². The molecule has 0 aliphatic carbocycles. The number of ether oxygens (including phenoxy) is 1. The first-order valence-electron chi connectivity index (χ1n) is 5.74. The summed E-state index contributed by atoms with van der Waals surface area (Å²) in [4.78, 5) is 13.9. The predicted octanol–water partition coefficient (Wildman–Crippen LogP) is 0.511. The molecule has 2 aliphatic rings. The number of likely N-dealkylation sites (tertiary alicyclic amines) is 1. The minimum Gasteiger partial charge on any atom is -0.372 e. The molecule has 0 bridgehead atoms. The van der Waals surface area contributed by atoms with E-state index < -0.39 is 0 Å². The first kappa shape index (κ1) is 13.7. The van der Waals surface area contributed by atoms with E-state index in [1.807, 2.05) is 11.8 Å². The Hall–Kier alpha value is -0.320. The molecular weight excluding hydrogens is 228 g/mol. The Kier molecular flexibility index (Phi) is 5.02. The molecule has 2 rings (SSSR count). The molecule has 5 heteroatoms. The number of rotatable bonds is 2. The zero-order valence-corrected chi connectivity index (χ0v) is 10.8. The summed E-state index contributed by atoms with van der Waals surface area (Å²) in [6, 6.07) is 0. The topological polar surface area (TPSA) is 41.6 Å². The third-order valence-corrected chi connectivity index (χ3v) is 3.72. The molecule has 0 saturated carbocycles. The largest absolute Gasteiger partial charge is 0.372 e. The van der Waals surface area contributed by atoms with E-state index in [0.717, 1.165) is 38.5 Å². The SMILES string of the molecule is COC(C)C(=O)N1CCC2CNCC2C1.Cl. The molecule has 0 aromatic rings. The van der Waals surface area contributed by atoms with E-state index >= 15 is 0 Å². The van der Waals surface area contributed by atoms with E-state index in [-0.39, 0.29) is 24.4 Å². The Bertz CT molecular complexity index is 250. The Morgan fingerprint density at radius 1 is 1.44 bits per heavy atom. The molecule has 0 radical (unpaired) electrons. The quantitative estimate of drug-likeness (QED) is 0.775. The number of hydrogen-bond donors (Lipinski definition) is 1. The molecule has 4 nitrogen and oxygen atoms in total. The van der Waals surface area contributed by atoms with Gasteiger partial charge in [-0.25, -0.2) is 0 Å². The average molecular weight is 249 g/mol. The summed E-state index contributed by atoms with van der Waals surface area (Å²) in [5, 5.41) is 3.40. The molecule has 0 spiro atoms. The highest BCUT2D eigenvalue weighted by Crippen LogP contribution is 2.26. The third-order valence-electron chi connectivity index (χ3n) is 3.72. The number of piperidine rings is 1. The lowest BCUT2D eigenvalue weighted by atomic mass is 9.88. The van der Waals surface area contributed by atoms with Crippen LogP contribution in [0.4, 0.5) is 0 Å². The lowest BCUT2D eigenvalue weighted by Crippen LogP contribution is -2.47. The molecule has 16 heavy (non-hydrogen) atoms. The molecule has 2 fully saturated rings. The van der Waals surface area contributed by atoms with Crippen LogP contribution in [0.3, 0.4) is 0 Å². The van der Waals surface area contributed by atoms with Crippen molar-refractivity contribution in [3.05, 3.63) is 0 Å². The summed E-state index contributed by atoms with van der Waals surface area (Å²) < 4.78 is 5.07. The molecule has 0 aromatic heterocycles. The van der Waals surface area contributed by atoms with Gasteiger partial charge >= 0.3 is 0 Å². The van der Waals surface area contributed by atoms with Crippen LogP contribution in [0.25, 0.3) is 0 Å². The van der Waals surface area contributed by atoms with Gasteiger partial charge in [0, 0.05) is 20.2 Å². The Morgan fingerprint density at radius 3 is 2.81 bits per heavy atom. The summed E-state index contributed by atoms with van der Waals surface area (Å²) >= 11 is 0. The lowest BCUT2D eigenvalue weighted by molar-refractivity contribution is -0.143. The van der Waals surface area contributed by atoms with Crippen molar-refractivity contribution in [1.29, 1.82) is 0 Å². The fraction of sp³-hybridized carbons (Fsp3) is 0.909. The number of halogens is 1. The van der Waals surface area contributed by atoms with Gasteiger partial charge in [0.25, 0.3) is 5.91 Å². The fourth-order valence-electron chi connectivity index (χ4n) is 2.59. The number of carbonyl (C=O) groups excluding carboxylic acids is 1. The van der Waals surface area contributed by atoms with Crippen molar-refractivity contribution in [2.45, 2.75) is 19.4 Å². The predicted molar refractivity (Wildman–Crippen MR) is 64.8 cm³/mol. The highest BCUT2D eigenvalue weighted by Gasteiger charge is 2.35. The van der Waals surface area contributed by atoms with Gasteiger partial charge in [0.05, 0.1) is 0 Å². The zero-order valence-electron chi connectivity index (χ0n) is 9.94. The van der Waals surface area contributed by atoms with Crippen LogP contribution in [0.15, 0.2) is 0 Å². The van der Waals surface area contributed by atoms with E-state index in [1.54, 1.807) is 7.11 Å². The van der Waals surface area contributed by atoms with E-state index in [4.69, 9.17) is 4.74 Å². The van der Waals surface area contributed by atoms with E-state index in [1.165, 1.54) is 0 Å². The molecule has 3 unspecified atom stereocenters. The van der Waals surface area contributed by atoms with Crippen LogP contribution >= 0.6 is 12.4 Å². The minimum atomic E-state index is -0.295. The molecular formula is C11H21ClN2O2. The second kappa shape index (κ2) is 5.84. The van der Waals surface area contributed by atoms with E-state index in [9.17, 15) is 4.79 Å². The second-order valence-corrected chi connectivity index (χ2v) is 4.63. The molecule has 2 heterocycles. The van der Waals surface area contributed by atoms with Gasteiger partial charge < -0.3 is 15.0 Å². The van der Waals surface area contributed by atoms with Gasteiger partial charge in [-0.05, 0) is 38.3 Å². The molecule has 2 saturated heterocycles. The Morgan fingerprint density at radius 2 is 2.12 bits per heavy atom. The fourth-order valence-corrected chi connectivity index (χ4v) is 2.59. The van der Waals surface area contributed by atoms with Crippen LogP contribution in [0, 0.1) is 11.8 Å². The maximum atomic E-state index is 11.9. The van der Waals surface area contributed by atoms with Crippen LogP contribution in [0.2, 0.25) is 0 Å². The standard InChI is InChI=1S/C11H20N2O2.ClH/c1-8(15-2)11(14)13-4-3-9-5-12-6-10(9)7-13;/h8-10,12H,3-7H2,1-2H3;1H. The first-order chi connectivity index (χ1) is 7.22. The zero-order chi connectivity index (χ0) is 10.8. The van der Waals surface area contributed by atoms with Gasteiger partial charge in [0.2, 0.25) is 0 Å². The van der Waals surface area contributed by atoms with Gasteiger partial charge in [0.15, 0.2) is 0 Å². The van der Waals surface area contributed by atoms with Crippen molar-refractivity contribution in [3.8, 4) is 0 Å². The van der Waals surface area contributed by atoms with Crippen molar-refractivity contribution in [3.63, 3.8) is 0 Å². The minimum absolute atomic E-state index is 0. The molecule has 1 N–H and O–H groups in total. The van der Waals surface area contributed by atoms with E-state index in [0.29, 0.717) is 5.92 Å². The molecule has 94 valence electrons. The molecule has 1 amide bonds. The Labute approximate surface area is 103 Å². The maximum absolute atomic E-state index is 11.9. The van der Waals surface area contributed by atoms with Gasteiger partial charge in [-0.1, -0.05) is 0 Å². The van der Waals surface area contributed by atoms with Gasteiger partial charge in [0.1, 0.15) is 6.10 Å². The van der Waals surface area contributed by atoms with E-state index in [2.05, 4.69) is 5.32 Å². The summed E-state index contributed by atoms with van der Waals surface area (Å²) in [5.74, 6) is 1.58. The summed E-state index contributed by atoms with van der Waals surface area (Å²) in [6.07, 6.45) is 0.843. The van der Waals surface area contributed by atoms with Gasteiger partial charge in [-0.15, -0.1) is 12.4 Å². The summed E-state index contributed by atoms with van der Waals surface area (Å²) in [7, 11) is 1.59. The van der Waals surface area contributed by atoms with Crippen molar-refractivity contribution in [1.82, 2.24) is 10.2 Å². The molecule has 3 atom stereocenters. The number of methoxy groups -OCH3 is 1. The number of hydrogen-bond acceptors (Lipinski definition) is 3. The smallest absolute Gasteiger partial charge is 0.251 e. The van der Waals surface area contributed by atoms with Crippen LogP contribution in [0.1, 0.15) is 13.3 Å². The number of nitrogens with one attached hydrogen (secondary N) is 1.